The topological polar surface area (TPSA) is 54.7 Å². The fourth-order valence-electron chi connectivity index (χ4n) is 4.32. The second-order valence-electron chi connectivity index (χ2n) is 9.02. The number of benzene rings is 2. The highest BCUT2D eigenvalue weighted by atomic mass is 16.5. The summed E-state index contributed by atoms with van der Waals surface area (Å²) in [7, 11) is 5.45. The molecule has 0 N–H and O–H groups in total. The number of ether oxygens (including phenoxy) is 3. The second-order valence-corrected chi connectivity index (χ2v) is 9.02. The number of nitriles is 1. The standard InChI is InChI=1S/C29H40N2O3/c1-8-34-23(4)25-11-13-26(14-12-25)29(21-30,22(2)3)17-9-18-31(5)19-16-24-10-15-27(32-6)28(20-24)33-7/h10-15,20,22H,4,8-9,16-19H2,1-3,5-7H3. The lowest BCUT2D eigenvalue weighted by Crippen LogP contribution is -2.32. The van der Waals surface area contributed by atoms with E-state index in [0.717, 1.165) is 55.0 Å². The molecule has 0 heterocycles. The van der Waals surface area contributed by atoms with Gasteiger partial charge in [-0.25, -0.2) is 0 Å². The van der Waals surface area contributed by atoms with Gasteiger partial charge in [0.05, 0.1) is 32.3 Å². The molecule has 0 aromatic heterocycles. The molecular weight excluding hydrogens is 424 g/mol. The molecule has 0 aliphatic heterocycles. The molecule has 0 bridgehead atoms. The van der Waals surface area contributed by atoms with Crippen molar-refractivity contribution < 1.29 is 14.2 Å². The molecule has 5 heteroatoms. The van der Waals surface area contributed by atoms with Crippen LogP contribution in [0.1, 0.15) is 50.3 Å². The van der Waals surface area contributed by atoms with Crippen molar-refractivity contribution in [1.82, 2.24) is 4.90 Å². The van der Waals surface area contributed by atoms with Gasteiger partial charge in [0.1, 0.15) is 5.76 Å². The third kappa shape index (κ3) is 6.77. The number of nitrogens with zero attached hydrogens (tertiary/aromatic N) is 2. The molecule has 0 aliphatic rings. The number of rotatable bonds is 14. The van der Waals surface area contributed by atoms with Crippen molar-refractivity contribution in [3.05, 3.63) is 65.7 Å². The molecule has 34 heavy (non-hydrogen) atoms. The van der Waals surface area contributed by atoms with Crippen LogP contribution in [0.4, 0.5) is 0 Å². The number of likely N-dealkylation sites (N-methyl/N-ethyl adjacent to an activating group) is 1. The van der Waals surface area contributed by atoms with Crippen LogP contribution in [0.2, 0.25) is 0 Å². The average Bonchev–Trinajstić information content (AvgIpc) is 2.85. The minimum Gasteiger partial charge on any atom is -0.494 e. The maximum absolute atomic E-state index is 10.2. The van der Waals surface area contributed by atoms with Crippen molar-refractivity contribution in [2.75, 3.05) is 41.0 Å². The second kappa shape index (κ2) is 13.1. The Hall–Kier alpha value is -2.97. The molecular formula is C29H40N2O3. The maximum Gasteiger partial charge on any atom is 0.160 e. The van der Waals surface area contributed by atoms with E-state index in [1.165, 1.54) is 5.56 Å². The molecule has 2 rings (SSSR count). The van der Waals surface area contributed by atoms with Gasteiger partial charge in [0.2, 0.25) is 0 Å². The monoisotopic (exact) mass is 464 g/mol. The van der Waals surface area contributed by atoms with E-state index >= 15 is 0 Å². The SMILES string of the molecule is C=C(OCC)c1ccc(C(C#N)(CCCN(C)CCc2ccc(OC)c(OC)c2)C(C)C)cc1. The van der Waals surface area contributed by atoms with Gasteiger partial charge in [0.15, 0.2) is 11.5 Å². The van der Waals surface area contributed by atoms with Crippen LogP contribution in [0.25, 0.3) is 5.76 Å². The first kappa shape index (κ1) is 27.3. The molecule has 0 saturated carbocycles. The minimum atomic E-state index is -0.518. The zero-order valence-electron chi connectivity index (χ0n) is 21.7. The van der Waals surface area contributed by atoms with E-state index in [1.807, 2.05) is 31.2 Å². The molecule has 5 nitrogen and oxygen atoms in total. The largest absolute Gasteiger partial charge is 0.494 e. The Labute approximate surface area is 205 Å². The van der Waals surface area contributed by atoms with E-state index in [0.29, 0.717) is 12.4 Å². The molecule has 2 aromatic carbocycles. The smallest absolute Gasteiger partial charge is 0.160 e. The highest BCUT2D eigenvalue weighted by molar-refractivity contribution is 5.58. The molecule has 184 valence electrons. The van der Waals surface area contributed by atoms with Gasteiger partial charge in [-0.3, -0.25) is 0 Å². The third-order valence-electron chi connectivity index (χ3n) is 6.57. The summed E-state index contributed by atoms with van der Waals surface area (Å²) in [5.41, 5.74) is 2.71. The summed E-state index contributed by atoms with van der Waals surface area (Å²) in [5.74, 6) is 2.37. The first-order valence-corrected chi connectivity index (χ1v) is 12.0. The Morgan fingerprint density at radius 3 is 2.29 bits per heavy atom. The Balaban J connectivity index is 1.99. The predicted octanol–water partition coefficient (Wildman–Crippen LogP) is 6.08. The minimum absolute atomic E-state index is 0.204. The van der Waals surface area contributed by atoms with E-state index in [1.54, 1.807) is 14.2 Å². The Morgan fingerprint density at radius 2 is 1.74 bits per heavy atom. The van der Waals surface area contributed by atoms with Crippen LogP contribution < -0.4 is 9.47 Å². The van der Waals surface area contributed by atoms with Gasteiger partial charge < -0.3 is 19.1 Å². The van der Waals surface area contributed by atoms with Crippen LogP contribution in [-0.4, -0.2) is 45.9 Å². The molecule has 0 saturated heterocycles. The molecule has 0 aliphatic carbocycles. The predicted molar refractivity (Wildman–Crippen MR) is 139 cm³/mol. The molecule has 0 amide bonds. The zero-order valence-corrected chi connectivity index (χ0v) is 21.7. The van der Waals surface area contributed by atoms with E-state index in [-0.39, 0.29) is 5.92 Å². The van der Waals surface area contributed by atoms with Crippen LogP contribution in [0, 0.1) is 17.2 Å². The number of hydrogen-bond acceptors (Lipinski definition) is 5. The van der Waals surface area contributed by atoms with Crippen molar-refractivity contribution in [2.24, 2.45) is 5.92 Å². The highest BCUT2D eigenvalue weighted by Crippen LogP contribution is 2.37. The van der Waals surface area contributed by atoms with Crippen molar-refractivity contribution >= 4 is 5.76 Å². The van der Waals surface area contributed by atoms with Gasteiger partial charge in [0, 0.05) is 12.1 Å². The summed E-state index contributed by atoms with van der Waals surface area (Å²) in [6.45, 7) is 12.7. The maximum atomic E-state index is 10.2. The number of hydrogen-bond donors (Lipinski definition) is 0. The Bertz CT molecular complexity index is 962. The van der Waals surface area contributed by atoms with Crippen molar-refractivity contribution in [1.29, 1.82) is 5.26 Å². The first-order chi connectivity index (χ1) is 16.3. The number of methoxy groups -OCH3 is 2. The fraction of sp³-hybridized carbons (Fsp3) is 0.483. The Kier molecular flexibility index (Phi) is 10.5. The van der Waals surface area contributed by atoms with E-state index in [4.69, 9.17) is 14.2 Å². The van der Waals surface area contributed by atoms with Crippen LogP contribution in [0.5, 0.6) is 11.5 Å². The van der Waals surface area contributed by atoms with Crippen LogP contribution in [-0.2, 0) is 16.6 Å². The van der Waals surface area contributed by atoms with Crippen LogP contribution in [0.3, 0.4) is 0 Å². The molecule has 0 radical (unpaired) electrons. The lowest BCUT2D eigenvalue weighted by atomic mass is 9.69. The first-order valence-electron chi connectivity index (χ1n) is 12.0. The van der Waals surface area contributed by atoms with E-state index < -0.39 is 5.41 Å². The molecule has 0 fully saturated rings. The van der Waals surface area contributed by atoms with E-state index in [9.17, 15) is 5.26 Å². The average molecular weight is 465 g/mol. The molecule has 1 atom stereocenters. The van der Waals surface area contributed by atoms with Gasteiger partial charge >= 0.3 is 0 Å². The summed E-state index contributed by atoms with van der Waals surface area (Å²) < 4.78 is 16.3. The summed E-state index contributed by atoms with van der Waals surface area (Å²) >= 11 is 0. The van der Waals surface area contributed by atoms with E-state index in [2.05, 4.69) is 56.6 Å². The third-order valence-corrected chi connectivity index (χ3v) is 6.57. The van der Waals surface area contributed by atoms with Crippen LogP contribution in [0.15, 0.2) is 49.0 Å². The van der Waals surface area contributed by atoms with Gasteiger partial charge in [-0.05, 0) is 69.0 Å². The highest BCUT2D eigenvalue weighted by Gasteiger charge is 2.35. The van der Waals surface area contributed by atoms with Gasteiger partial charge in [-0.1, -0.05) is 50.8 Å². The van der Waals surface area contributed by atoms with Gasteiger partial charge in [-0.15, -0.1) is 0 Å². The molecule has 1 unspecified atom stereocenters. The van der Waals surface area contributed by atoms with Crippen molar-refractivity contribution in [3.63, 3.8) is 0 Å². The fourth-order valence-corrected chi connectivity index (χ4v) is 4.32. The summed E-state index contributed by atoms with van der Waals surface area (Å²) in [6, 6.07) is 16.9. The molecule has 2 aromatic rings. The molecule has 0 spiro atoms. The summed E-state index contributed by atoms with van der Waals surface area (Å²) in [6.07, 6.45) is 2.69. The zero-order chi connectivity index (χ0) is 25.1. The summed E-state index contributed by atoms with van der Waals surface area (Å²) in [4.78, 5) is 2.33. The van der Waals surface area contributed by atoms with Gasteiger partial charge in [-0.2, -0.15) is 5.26 Å². The quantitative estimate of drug-likeness (QED) is 0.317. The lowest BCUT2D eigenvalue weighted by molar-refractivity contribution is 0.293. The van der Waals surface area contributed by atoms with Gasteiger partial charge in [0.25, 0.3) is 0 Å². The summed E-state index contributed by atoms with van der Waals surface area (Å²) in [5, 5.41) is 10.2. The Morgan fingerprint density at radius 1 is 1.06 bits per heavy atom. The lowest BCUT2D eigenvalue weighted by Gasteiger charge is -2.32. The normalized spacial score (nSPS) is 12.8. The van der Waals surface area contributed by atoms with Crippen molar-refractivity contribution in [3.8, 4) is 17.6 Å². The van der Waals surface area contributed by atoms with Crippen molar-refractivity contribution in [2.45, 2.75) is 45.4 Å². The van der Waals surface area contributed by atoms with Crippen LogP contribution >= 0.6 is 0 Å².